The number of benzene rings is 2. The normalized spacial score (nSPS) is 10.3. The zero-order valence-electron chi connectivity index (χ0n) is 9.98. The molecule has 0 aliphatic carbocycles. The molecule has 0 aliphatic heterocycles. The van der Waals surface area contributed by atoms with E-state index in [9.17, 15) is 9.18 Å². The molecule has 0 aliphatic rings. The molecule has 0 aromatic heterocycles. The molecule has 5 heteroatoms. The van der Waals surface area contributed by atoms with E-state index in [1.165, 1.54) is 19.2 Å². The van der Waals surface area contributed by atoms with Crippen LogP contribution in [-0.2, 0) is 0 Å². The SMILES string of the molecule is COc1ccc(Cl)c(-c2cccc(F)c2C(=O)O)c1. The molecule has 19 heavy (non-hydrogen) atoms. The first kappa shape index (κ1) is 13.4. The minimum atomic E-state index is -1.34. The van der Waals surface area contributed by atoms with Gasteiger partial charge >= 0.3 is 5.97 Å². The van der Waals surface area contributed by atoms with Gasteiger partial charge in [-0.1, -0.05) is 23.7 Å². The third-order valence-electron chi connectivity index (χ3n) is 2.69. The summed E-state index contributed by atoms with van der Waals surface area (Å²) in [4.78, 5) is 11.2. The van der Waals surface area contributed by atoms with Crippen LogP contribution in [0.3, 0.4) is 0 Å². The molecule has 98 valence electrons. The topological polar surface area (TPSA) is 46.5 Å². The highest BCUT2D eigenvalue weighted by Crippen LogP contribution is 2.34. The summed E-state index contributed by atoms with van der Waals surface area (Å²) < 4.78 is 18.7. The molecule has 0 fully saturated rings. The van der Waals surface area contributed by atoms with Gasteiger partial charge in [0.2, 0.25) is 0 Å². The van der Waals surface area contributed by atoms with E-state index >= 15 is 0 Å². The summed E-state index contributed by atoms with van der Waals surface area (Å²) in [6, 6.07) is 8.84. The molecule has 1 N–H and O–H groups in total. The van der Waals surface area contributed by atoms with E-state index in [-0.39, 0.29) is 5.56 Å². The van der Waals surface area contributed by atoms with Crippen molar-refractivity contribution in [3.63, 3.8) is 0 Å². The summed E-state index contributed by atoms with van der Waals surface area (Å²) in [5.41, 5.74) is 0.229. The fourth-order valence-electron chi connectivity index (χ4n) is 1.80. The number of hydrogen-bond donors (Lipinski definition) is 1. The Kier molecular flexibility index (Phi) is 3.71. The molecule has 0 heterocycles. The van der Waals surface area contributed by atoms with Crippen LogP contribution in [0.25, 0.3) is 11.1 Å². The van der Waals surface area contributed by atoms with Crippen molar-refractivity contribution >= 4 is 17.6 Å². The summed E-state index contributed by atoms with van der Waals surface area (Å²) in [7, 11) is 1.48. The third kappa shape index (κ3) is 2.53. The van der Waals surface area contributed by atoms with E-state index in [4.69, 9.17) is 21.4 Å². The summed E-state index contributed by atoms with van der Waals surface area (Å²) in [5.74, 6) is -1.63. The van der Waals surface area contributed by atoms with Crippen LogP contribution in [0, 0.1) is 5.82 Å². The van der Waals surface area contributed by atoms with Crippen molar-refractivity contribution in [2.75, 3.05) is 7.11 Å². The summed E-state index contributed by atoms with van der Waals surface area (Å²) >= 11 is 6.05. The summed E-state index contributed by atoms with van der Waals surface area (Å²) in [6.07, 6.45) is 0. The molecule has 0 atom stereocenters. The zero-order chi connectivity index (χ0) is 14.0. The van der Waals surface area contributed by atoms with Crippen molar-refractivity contribution < 1.29 is 19.0 Å². The fraction of sp³-hybridized carbons (Fsp3) is 0.0714. The minimum absolute atomic E-state index is 0.219. The highest BCUT2D eigenvalue weighted by Gasteiger charge is 2.18. The van der Waals surface area contributed by atoms with Gasteiger partial charge < -0.3 is 9.84 Å². The average molecular weight is 281 g/mol. The van der Waals surface area contributed by atoms with Crippen molar-refractivity contribution in [1.82, 2.24) is 0 Å². The number of carboxylic acids is 1. The molecule has 0 radical (unpaired) electrons. The van der Waals surface area contributed by atoms with Gasteiger partial charge in [-0.3, -0.25) is 0 Å². The van der Waals surface area contributed by atoms with Crippen LogP contribution >= 0.6 is 11.6 Å². The number of hydrogen-bond acceptors (Lipinski definition) is 2. The molecule has 3 nitrogen and oxygen atoms in total. The Morgan fingerprint density at radius 1 is 1.26 bits per heavy atom. The first-order chi connectivity index (χ1) is 9.04. The van der Waals surface area contributed by atoms with Gasteiger partial charge in [-0.2, -0.15) is 0 Å². The maximum absolute atomic E-state index is 13.6. The van der Waals surface area contributed by atoms with Gasteiger partial charge in [0, 0.05) is 16.1 Å². The second kappa shape index (κ2) is 5.28. The smallest absolute Gasteiger partial charge is 0.339 e. The van der Waals surface area contributed by atoms with Crippen LogP contribution in [0.1, 0.15) is 10.4 Å². The standard InChI is InChI=1S/C14H10ClFO3/c1-19-8-5-6-11(15)10(7-8)9-3-2-4-12(16)13(9)14(17)18/h2-7H,1H3,(H,17,18). The van der Waals surface area contributed by atoms with Crippen LogP contribution in [0.2, 0.25) is 5.02 Å². The highest BCUT2D eigenvalue weighted by atomic mass is 35.5. The third-order valence-corrected chi connectivity index (χ3v) is 3.02. The van der Waals surface area contributed by atoms with E-state index in [0.29, 0.717) is 16.3 Å². The molecule has 2 rings (SSSR count). The predicted octanol–water partition coefficient (Wildman–Crippen LogP) is 3.85. The quantitative estimate of drug-likeness (QED) is 0.929. The van der Waals surface area contributed by atoms with E-state index in [1.54, 1.807) is 18.2 Å². The molecule has 2 aromatic carbocycles. The van der Waals surface area contributed by atoms with Gasteiger partial charge in [0.25, 0.3) is 0 Å². The first-order valence-corrected chi connectivity index (χ1v) is 5.78. The van der Waals surface area contributed by atoms with Crippen molar-refractivity contribution in [3.05, 3.63) is 52.8 Å². The minimum Gasteiger partial charge on any atom is -0.497 e. The lowest BCUT2D eigenvalue weighted by Gasteiger charge is -2.10. The Bertz CT molecular complexity index is 641. The lowest BCUT2D eigenvalue weighted by atomic mass is 9.99. The Hall–Kier alpha value is -2.07. The number of carbonyl (C=O) groups is 1. The highest BCUT2D eigenvalue weighted by molar-refractivity contribution is 6.33. The van der Waals surface area contributed by atoms with Crippen LogP contribution in [0.15, 0.2) is 36.4 Å². The van der Waals surface area contributed by atoms with Crippen molar-refractivity contribution in [2.45, 2.75) is 0 Å². The van der Waals surface area contributed by atoms with E-state index in [2.05, 4.69) is 0 Å². The van der Waals surface area contributed by atoms with Crippen LogP contribution in [-0.4, -0.2) is 18.2 Å². The molecule has 0 amide bonds. The van der Waals surface area contributed by atoms with Gasteiger partial charge in [-0.25, -0.2) is 9.18 Å². The van der Waals surface area contributed by atoms with Gasteiger partial charge in [0.05, 0.1) is 7.11 Å². The van der Waals surface area contributed by atoms with Gasteiger partial charge in [0.1, 0.15) is 17.1 Å². The van der Waals surface area contributed by atoms with Crippen molar-refractivity contribution in [1.29, 1.82) is 0 Å². The number of halogens is 2. The second-order valence-electron chi connectivity index (χ2n) is 3.81. The molecule has 0 saturated heterocycles. The van der Waals surface area contributed by atoms with Gasteiger partial charge in [-0.05, 0) is 24.3 Å². The molecule has 0 spiro atoms. The average Bonchev–Trinajstić information content (AvgIpc) is 2.38. The van der Waals surface area contributed by atoms with Crippen molar-refractivity contribution in [2.24, 2.45) is 0 Å². The molecule has 2 aromatic rings. The zero-order valence-corrected chi connectivity index (χ0v) is 10.7. The van der Waals surface area contributed by atoms with E-state index < -0.39 is 17.3 Å². The Balaban J connectivity index is 2.72. The largest absolute Gasteiger partial charge is 0.497 e. The number of carboxylic acid groups (broad SMARTS) is 1. The Morgan fingerprint density at radius 3 is 2.63 bits per heavy atom. The molecule has 0 saturated carbocycles. The summed E-state index contributed by atoms with van der Waals surface area (Å²) in [5, 5.41) is 9.44. The lowest BCUT2D eigenvalue weighted by molar-refractivity contribution is 0.0693. The maximum atomic E-state index is 13.6. The predicted molar refractivity (Wildman–Crippen MR) is 70.4 cm³/mol. The van der Waals surface area contributed by atoms with Crippen LogP contribution < -0.4 is 4.74 Å². The molecular weight excluding hydrogens is 271 g/mol. The molecule has 0 bridgehead atoms. The van der Waals surface area contributed by atoms with Crippen LogP contribution in [0.4, 0.5) is 4.39 Å². The fourth-order valence-corrected chi connectivity index (χ4v) is 2.02. The van der Waals surface area contributed by atoms with E-state index in [1.807, 2.05) is 0 Å². The second-order valence-corrected chi connectivity index (χ2v) is 4.22. The Labute approximate surface area is 114 Å². The maximum Gasteiger partial charge on any atom is 0.339 e. The summed E-state index contributed by atoms with van der Waals surface area (Å²) in [6.45, 7) is 0. The number of ether oxygens (including phenoxy) is 1. The number of methoxy groups -OCH3 is 1. The first-order valence-electron chi connectivity index (χ1n) is 5.40. The number of aromatic carboxylic acids is 1. The van der Waals surface area contributed by atoms with Gasteiger partial charge in [0.15, 0.2) is 0 Å². The van der Waals surface area contributed by atoms with Gasteiger partial charge in [-0.15, -0.1) is 0 Å². The van der Waals surface area contributed by atoms with E-state index in [0.717, 1.165) is 6.07 Å². The van der Waals surface area contributed by atoms with Crippen LogP contribution in [0.5, 0.6) is 5.75 Å². The lowest BCUT2D eigenvalue weighted by Crippen LogP contribution is -2.03. The molecular formula is C14H10ClFO3. The molecule has 0 unspecified atom stereocenters. The monoisotopic (exact) mass is 280 g/mol. The number of rotatable bonds is 3. The van der Waals surface area contributed by atoms with Crippen molar-refractivity contribution in [3.8, 4) is 16.9 Å². The Morgan fingerprint density at radius 2 is 2.00 bits per heavy atom.